The molecule has 6 heteroatoms. The van der Waals surface area contributed by atoms with Gasteiger partial charge in [-0.05, 0) is 49.1 Å². The zero-order valence-electron chi connectivity index (χ0n) is 15.8. The number of hydrogen-bond acceptors (Lipinski definition) is 5. The van der Waals surface area contributed by atoms with Gasteiger partial charge in [-0.3, -0.25) is 9.59 Å². The maximum absolute atomic E-state index is 12.9. The summed E-state index contributed by atoms with van der Waals surface area (Å²) in [6, 6.07) is 13.2. The summed E-state index contributed by atoms with van der Waals surface area (Å²) < 4.78 is 16.4. The van der Waals surface area contributed by atoms with Crippen molar-refractivity contribution < 1.29 is 23.8 Å². The van der Waals surface area contributed by atoms with Gasteiger partial charge < -0.3 is 19.1 Å². The number of carbonyl (C=O) groups is 2. The first-order valence-corrected chi connectivity index (χ1v) is 9.59. The number of esters is 1. The Morgan fingerprint density at radius 2 is 1.89 bits per heavy atom. The van der Waals surface area contributed by atoms with Crippen molar-refractivity contribution in [2.24, 2.45) is 0 Å². The van der Waals surface area contributed by atoms with Gasteiger partial charge in [-0.2, -0.15) is 0 Å². The third kappa shape index (κ3) is 3.81. The molecule has 1 unspecified atom stereocenters. The SMILES string of the molecule is CC(OC(=O)Cc1ccc2c(c1)OCCO2)C(=O)N1CCCc2ccccc21. The monoisotopic (exact) mass is 381 g/mol. The zero-order chi connectivity index (χ0) is 19.5. The number of nitrogens with zero attached hydrogens (tertiary/aromatic N) is 1. The highest BCUT2D eigenvalue weighted by molar-refractivity contribution is 5.98. The van der Waals surface area contributed by atoms with Crippen LogP contribution < -0.4 is 14.4 Å². The lowest BCUT2D eigenvalue weighted by Gasteiger charge is -2.31. The quantitative estimate of drug-likeness (QED) is 0.762. The molecule has 1 atom stereocenters. The smallest absolute Gasteiger partial charge is 0.311 e. The molecule has 28 heavy (non-hydrogen) atoms. The molecule has 0 fully saturated rings. The molecular weight excluding hydrogens is 358 g/mol. The van der Waals surface area contributed by atoms with E-state index in [2.05, 4.69) is 0 Å². The summed E-state index contributed by atoms with van der Waals surface area (Å²) in [6.07, 6.45) is 1.10. The van der Waals surface area contributed by atoms with E-state index in [-0.39, 0.29) is 12.3 Å². The molecule has 2 heterocycles. The predicted molar refractivity (Wildman–Crippen MR) is 104 cm³/mol. The van der Waals surface area contributed by atoms with Crippen molar-refractivity contribution in [2.75, 3.05) is 24.7 Å². The van der Waals surface area contributed by atoms with Crippen molar-refractivity contribution >= 4 is 17.6 Å². The number of ether oxygens (including phenoxy) is 3. The highest BCUT2D eigenvalue weighted by Crippen LogP contribution is 2.31. The Bertz CT molecular complexity index is 894. The van der Waals surface area contributed by atoms with E-state index in [9.17, 15) is 9.59 Å². The summed E-state index contributed by atoms with van der Waals surface area (Å²) in [5, 5.41) is 0. The number of aryl methyl sites for hydroxylation is 1. The van der Waals surface area contributed by atoms with Crippen LogP contribution in [0.5, 0.6) is 11.5 Å². The zero-order valence-corrected chi connectivity index (χ0v) is 15.8. The van der Waals surface area contributed by atoms with E-state index >= 15 is 0 Å². The number of hydrogen-bond donors (Lipinski definition) is 0. The molecule has 2 aromatic rings. The van der Waals surface area contributed by atoms with Crippen molar-refractivity contribution in [1.82, 2.24) is 0 Å². The van der Waals surface area contributed by atoms with Crippen molar-refractivity contribution in [3.05, 3.63) is 53.6 Å². The number of anilines is 1. The number of para-hydroxylation sites is 1. The van der Waals surface area contributed by atoms with E-state index in [4.69, 9.17) is 14.2 Å². The first-order valence-electron chi connectivity index (χ1n) is 9.59. The molecule has 4 rings (SSSR count). The topological polar surface area (TPSA) is 65.1 Å². The summed E-state index contributed by atoms with van der Waals surface area (Å²) in [5.41, 5.74) is 2.82. The van der Waals surface area contributed by atoms with Gasteiger partial charge in [0.1, 0.15) is 13.2 Å². The van der Waals surface area contributed by atoms with Gasteiger partial charge in [0, 0.05) is 12.2 Å². The average molecular weight is 381 g/mol. The normalized spacial score (nSPS) is 16.1. The van der Waals surface area contributed by atoms with Crippen LogP contribution in [0, 0.1) is 0 Å². The van der Waals surface area contributed by atoms with Gasteiger partial charge in [0.25, 0.3) is 5.91 Å². The van der Waals surface area contributed by atoms with Crippen LogP contribution in [-0.4, -0.2) is 37.7 Å². The van der Waals surface area contributed by atoms with E-state index < -0.39 is 12.1 Å². The fourth-order valence-electron chi connectivity index (χ4n) is 3.64. The maximum Gasteiger partial charge on any atom is 0.311 e. The lowest BCUT2D eigenvalue weighted by Crippen LogP contribution is -2.42. The van der Waals surface area contributed by atoms with E-state index in [1.54, 1.807) is 24.0 Å². The third-order valence-electron chi connectivity index (χ3n) is 4.99. The molecule has 2 aliphatic heterocycles. The molecule has 6 nitrogen and oxygen atoms in total. The number of amides is 1. The molecule has 0 saturated carbocycles. The van der Waals surface area contributed by atoms with Gasteiger partial charge in [-0.15, -0.1) is 0 Å². The van der Waals surface area contributed by atoms with Gasteiger partial charge in [-0.1, -0.05) is 24.3 Å². The van der Waals surface area contributed by atoms with Crippen LogP contribution in [0.1, 0.15) is 24.5 Å². The Labute approximate surface area is 164 Å². The van der Waals surface area contributed by atoms with E-state index in [1.165, 1.54) is 0 Å². The van der Waals surface area contributed by atoms with Crippen LogP contribution >= 0.6 is 0 Å². The second-order valence-electron chi connectivity index (χ2n) is 7.01. The van der Waals surface area contributed by atoms with Crippen LogP contribution in [0.3, 0.4) is 0 Å². The van der Waals surface area contributed by atoms with Crippen LogP contribution in [-0.2, 0) is 27.2 Å². The van der Waals surface area contributed by atoms with Crippen molar-refractivity contribution in [3.63, 3.8) is 0 Å². The molecule has 0 saturated heterocycles. The number of rotatable bonds is 4. The molecule has 0 aliphatic carbocycles. The molecular formula is C22H23NO5. The molecule has 2 aromatic carbocycles. The number of fused-ring (bicyclic) bond motifs is 2. The van der Waals surface area contributed by atoms with Gasteiger partial charge >= 0.3 is 5.97 Å². The summed E-state index contributed by atoms with van der Waals surface area (Å²) >= 11 is 0. The van der Waals surface area contributed by atoms with Gasteiger partial charge in [0.2, 0.25) is 0 Å². The summed E-state index contributed by atoms with van der Waals surface area (Å²) in [6.45, 7) is 3.28. The Hall–Kier alpha value is -3.02. The maximum atomic E-state index is 12.9. The Morgan fingerprint density at radius 1 is 1.11 bits per heavy atom. The Kier molecular flexibility index (Phi) is 5.19. The van der Waals surface area contributed by atoms with Crippen LogP contribution in [0.4, 0.5) is 5.69 Å². The van der Waals surface area contributed by atoms with Crippen LogP contribution in [0.2, 0.25) is 0 Å². The van der Waals surface area contributed by atoms with Gasteiger partial charge in [0.15, 0.2) is 17.6 Å². The minimum atomic E-state index is -0.837. The molecule has 0 spiro atoms. The summed E-state index contributed by atoms with van der Waals surface area (Å²) in [7, 11) is 0. The predicted octanol–water partition coefficient (Wildman–Crippen LogP) is 2.91. The number of benzene rings is 2. The standard InChI is InChI=1S/C22H23NO5/c1-15(22(25)23-10-4-6-17-5-2-3-7-18(17)23)28-21(24)14-16-8-9-19-20(13-16)27-12-11-26-19/h2-3,5,7-9,13,15H,4,6,10-12,14H2,1H3. The second kappa shape index (κ2) is 7.92. The van der Waals surface area contributed by atoms with Gasteiger partial charge in [0.05, 0.1) is 6.42 Å². The fourth-order valence-corrected chi connectivity index (χ4v) is 3.64. The Balaban J connectivity index is 1.39. The Morgan fingerprint density at radius 3 is 2.75 bits per heavy atom. The highest BCUT2D eigenvalue weighted by atomic mass is 16.6. The van der Waals surface area contributed by atoms with E-state index in [0.29, 0.717) is 31.3 Å². The molecule has 146 valence electrons. The van der Waals surface area contributed by atoms with Crippen molar-refractivity contribution in [1.29, 1.82) is 0 Å². The molecule has 0 aromatic heterocycles. The first-order chi connectivity index (χ1) is 13.6. The van der Waals surface area contributed by atoms with Crippen LogP contribution in [0.25, 0.3) is 0 Å². The molecule has 0 N–H and O–H groups in total. The lowest BCUT2D eigenvalue weighted by atomic mass is 10.0. The molecule has 1 amide bonds. The van der Waals surface area contributed by atoms with Gasteiger partial charge in [-0.25, -0.2) is 0 Å². The largest absolute Gasteiger partial charge is 0.486 e. The minimum absolute atomic E-state index is 0.0743. The first kappa shape index (κ1) is 18.3. The van der Waals surface area contributed by atoms with E-state index in [1.807, 2.05) is 30.3 Å². The summed E-state index contributed by atoms with van der Waals surface area (Å²) in [5.74, 6) is 0.673. The molecule has 2 aliphatic rings. The summed E-state index contributed by atoms with van der Waals surface area (Å²) in [4.78, 5) is 26.9. The van der Waals surface area contributed by atoms with Crippen LogP contribution in [0.15, 0.2) is 42.5 Å². The average Bonchev–Trinajstić information content (AvgIpc) is 2.72. The van der Waals surface area contributed by atoms with Crippen molar-refractivity contribution in [3.8, 4) is 11.5 Å². The molecule has 0 radical (unpaired) electrons. The minimum Gasteiger partial charge on any atom is -0.486 e. The third-order valence-corrected chi connectivity index (χ3v) is 4.99. The lowest BCUT2D eigenvalue weighted by molar-refractivity contribution is -0.153. The number of carbonyl (C=O) groups excluding carboxylic acids is 2. The van der Waals surface area contributed by atoms with Crippen molar-refractivity contribution in [2.45, 2.75) is 32.3 Å². The molecule has 0 bridgehead atoms. The van der Waals surface area contributed by atoms with E-state index in [0.717, 1.165) is 29.7 Å². The highest BCUT2D eigenvalue weighted by Gasteiger charge is 2.28. The second-order valence-corrected chi connectivity index (χ2v) is 7.01. The fraction of sp³-hybridized carbons (Fsp3) is 0.364.